The molecule has 1 fully saturated rings. The van der Waals surface area contributed by atoms with E-state index in [2.05, 4.69) is 20.9 Å². The van der Waals surface area contributed by atoms with Crippen LogP contribution in [-0.2, 0) is 4.79 Å². The van der Waals surface area contributed by atoms with Crippen LogP contribution in [0.4, 0.5) is 16.2 Å². The van der Waals surface area contributed by atoms with Crippen molar-refractivity contribution in [2.75, 3.05) is 30.3 Å². The van der Waals surface area contributed by atoms with Crippen LogP contribution in [-0.4, -0.2) is 48.8 Å². The SMILES string of the molecule is O=Cc1ccc(NC(=O)CCN2CCC(NC(=O)Nc3ccccc3-c3ccccc3)CC2)cc1. The van der Waals surface area contributed by atoms with Crippen molar-refractivity contribution in [3.63, 3.8) is 0 Å². The predicted molar refractivity (Wildman–Crippen MR) is 139 cm³/mol. The third-order valence-corrected chi connectivity index (χ3v) is 6.17. The molecule has 0 aliphatic carbocycles. The summed E-state index contributed by atoms with van der Waals surface area (Å²) in [6, 6.07) is 24.5. The summed E-state index contributed by atoms with van der Waals surface area (Å²) in [7, 11) is 0. The van der Waals surface area contributed by atoms with Gasteiger partial charge in [0.25, 0.3) is 0 Å². The number of nitrogens with zero attached hydrogens (tertiary/aromatic N) is 1. The number of benzene rings is 3. The third-order valence-electron chi connectivity index (χ3n) is 6.17. The molecule has 1 heterocycles. The van der Waals surface area contributed by atoms with Gasteiger partial charge in [0.05, 0.1) is 5.69 Å². The molecule has 0 aromatic heterocycles. The zero-order chi connectivity index (χ0) is 24.5. The van der Waals surface area contributed by atoms with E-state index in [-0.39, 0.29) is 18.0 Å². The Morgan fingerprint density at radius 1 is 0.857 bits per heavy atom. The highest BCUT2D eigenvalue weighted by Crippen LogP contribution is 2.27. The number of piperidine rings is 1. The lowest BCUT2D eigenvalue weighted by Gasteiger charge is -2.32. The quantitative estimate of drug-likeness (QED) is 0.413. The van der Waals surface area contributed by atoms with Crippen LogP contribution < -0.4 is 16.0 Å². The maximum atomic E-state index is 12.7. The molecule has 0 atom stereocenters. The molecule has 0 spiro atoms. The lowest BCUT2D eigenvalue weighted by Crippen LogP contribution is -2.46. The highest BCUT2D eigenvalue weighted by molar-refractivity contribution is 5.94. The standard InChI is InChI=1S/C28H30N4O3/c33-20-21-10-12-23(13-11-21)29-27(34)16-19-32-17-14-24(15-18-32)30-28(35)31-26-9-5-4-8-25(26)22-6-2-1-3-7-22/h1-13,20,24H,14-19H2,(H,29,34)(H2,30,31,35). The summed E-state index contributed by atoms with van der Waals surface area (Å²) in [5.74, 6) is -0.0550. The lowest BCUT2D eigenvalue weighted by atomic mass is 10.0. The van der Waals surface area contributed by atoms with E-state index in [1.54, 1.807) is 24.3 Å². The Morgan fingerprint density at radius 3 is 2.26 bits per heavy atom. The summed E-state index contributed by atoms with van der Waals surface area (Å²) in [5.41, 5.74) is 4.08. The summed E-state index contributed by atoms with van der Waals surface area (Å²) in [6.07, 6.45) is 2.84. The number of nitrogens with one attached hydrogen (secondary N) is 3. The van der Waals surface area contributed by atoms with Gasteiger partial charge in [0.15, 0.2) is 0 Å². The van der Waals surface area contributed by atoms with Crippen LogP contribution >= 0.6 is 0 Å². The van der Waals surface area contributed by atoms with Gasteiger partial charge in [-0.2, -0.15) is 0 Å². The van der Waals surface area contributed by atoms with Gasteiger partial charge in [0, 0.05) is 48.9 Å². The number of carbonyl (C=O) groups excluding carboxylic acids is 3. The molecule has 1 saturated heterocycles. The van der Waals surface area contributed by atoms with Crippen molar-refractivity contribution < 1.29 is 14.4 Å². The van der Waals surface area contributed by atoms with E-state index in [0.717, 1.165) is 49.0 Å². The fraction of sp³-hybridized carbons (Fsp3) is 0.250. The number of carbonyl (C=O) groups is 3. The second-order valence-corrected chi connectivity index (χ2v) is 8.66. The van der Waals surface area contributed by atoms with Crippen LogP contribution in [0.5, 0.6) is 0 Å². The smallest absolute Gasteiger partial charge is 0.319 e. The van der Waals surface area contributed by atoms with E-state index in [4.69, 9.17) is 0 Å². The van der Waals surface area contributed by atoms with Gasteiger partial charge in [0.1, 0.15) is 6.29 Å². The summed E-state index contributed by atoms with van der Waals surface area (Å²) in [4.78, 5) is 37.9. The largest absolute Gasteiger partial charge is 0.335 e. The van der Waals surface area contributed by atoms with E-state index in [0.29, 0.717) is 24.2 Å². The number of aldehydes is 1. The van der Waals surface area contributed by atoms with E-state index >= 15 is 0 Å². The monoisotopic (exact) mass is 470 g/mol. The number of hydrogen-bond donors (Lipinski definition) is 3. The lowest BCUT2D eigenvalue weighted by molar-refractivity contribution is -0.116. The van der Waals surface area contributed by atoms with Crippen molar-refractivity contribution in [3.05, 3.63) is 84.4 Å². The number of anilines is 2. The number of amides is 3. The number of urea groups is 1. The maximum absolute atomic E-state index is 12.7. The molecule has 0 saturated carbocycles. The minimum Gasteiger partial charge on any atom is -0.335 e. The molecule has 0 unspecified atom stereocenters. The van der Waals surface area contributed by atoms with Crippen LogP contribution in [0.2, 0.25) is 0 Å². The Morgan fingerprint density at radius 2 is 1.54 bits per heavy atom. The van der Waals surface area contributed by atoms with Crippen molar-refractivity contribution in [2.24, 2.45) is 0 Å². The predicted octanol–water partition coefficient (Wildman–Crippen LogP) is 4.78. The Labute approximate surface area is 205 Å². The fourth-order valence-electron chi connectivity index (χ4n) is 4.23. The minimum atomic E-state index is -0.202. The highest BCUT2D eigenvalue weighted by atomic mass is 16.2. The van der Waals surface area contributed by atoms with Gasteiger partial charge < -0.3 is 20.9 Å². The zero-order valence-corrected chi connectivity index (χ0v) is 19.6. The van der Waals surface area contributed by atoms with Crippen LogP contribution in [0, 0.1) is 0 Å². The summed E-state index contributed by atoms with van der Waals surface area (Å²) >= 11 is 0. The molecule has 180 valence electrons. The van der Waals surface area contributed by atoms with E-state index < -0.39 is 0 Å². The zero-order valence-electron chi connectivity index (χ0n) is 19.6. The van der Waals surface area contributed by atoms with E-state index in [1.165, 1.54) is 0 Å². The molecule has 3 aromatic carbocycles. The first-order valence-electron chi connectivity index (χ1n) is 11.9. The van der Waals surface area contributed by atoms with Gasteiger partial charge >= 0.3 is 6.03 Å². The topological polar surface area (TPSA) is 90.5 Å². The molecule has 3 N–H and O–H groups in total. The minimum absolute atomic E-state index is 0.0550. The van der Waals surface area contributed by atoms with Crippen molar-refractivity contribution in [1.29, 1.82) is 0 Å². The van der Waals surface area contributed by atoms with Crippen molar-refractivity contribution in [1.82, 2.24) is 10.2 Å². The van der Waals surface area contributed by atoms with Crippen LogP contribution in [0.25, 0.3) is 11.1 Å². The summed E-state index contributed by atoms with van der Waals surface area (Å²) in [5, 5.41) is 8.96. The Hall–Kier alpha value is -3.97. The molecule has 1 aliphatic rings. The third kappa shape index (κ3) is 7.01. The molecule has 3 amide bonds. The second-order valence-electron chi connectivity index (χ2n) is 8.66. The Balaban J connectivity index is 1.19. The molecule has 1 aliphatic heterocycles. The first kappa shape index (κ1) is 24.2. The van der Waals surface area contributed by atoms with Crippen molar-refractivity contribution in [3.8, 4) is 11.1 Å². The van der Waals surface area contributed by atoms with Gasteiger partial charge in [0.2, 0.25) is 5.91 Å². The van der Waals surface area contributed by atoms with Crippen LogP contribution in [0.3, 0.4) is 0 Å². The van der Waals surface area contributed by atoms with E-state index in [1.807, 2.05) is 54.6 Å². The van der Waals surface area contributed by atoms with E-state index in [9.17, 15) is 14.4 Å². The normalized spacial score (nSPS) is 14.2. The molecule has 4 rings (SSSR count). The van der Waals surface area contributed by atoms with Gasteiger partial charge in [-0.25, -0.2) is 4.79 Å². The molecular formula is C28H30N4O3. The van der Waals surface area contributed by atoms with Gasteiger partial charge in [-0.3, -0.25) is 9.59 Å². The second kappa shape index (κ2) is 11.9. The molecule has 3 aromatic rings. The number of hydrogen-bond acceptors (Lipinski definition) is 4. The Bertz CT molecular complexity index is 1140. The fourth-order valence-corrected chi connectivity index (χ4v) is 4.23. The number of likely N-dealkylation sites (tertiary alicyclic amines) is 1. The first-order chi connectivity index (χ1) is 17.1. The average molecular weight is 471 g/mol. The molecular weight excluding hydrogens is 440 g/mol. The van der Waals surface area contributed by atoms with Crippen LogP contribution in [0.1, 0.15) is 29.6 Å². The molecule has 0 bridgehead atoms. The number of para-hydroxylation sites is 1. The van der Waals surface area contributed by atoms with Crippen molar-refractivity contribution >= 4 is 29.6 Å². The molecule has 7 nitrogen and oxygen atoms in total. The summed E-state index contributed by atoms with van der Waals surface area (Å²) < 4.78 is 0. The Kier molecular flexibility index (Phi) is 8.25. The van der Waals surface area contributed by atoms with Gasteiger partial charge in [-0.15, -0.1) is 0 Å². The van der Waals surface area contributed by atoms with Gasteiger partial charge in [-0.05, 0) is 48.7 Å². The molecule has 0 radical (unpaired) electrons. The number of rotatable bonds is 8. The average Bonchev–Trinajstić information content (AvgIpc) is 2.89. The molecule has 35 heavy (non-hydrogen) atoms. The highest BCUT2D eigenvalue weighted by Gasteiger charge is 2.21. The van der Waals surface area contributed by atoms with Crippen LogP contribution in [0.15, 0.2) is 78.9 Å². The van der Waals surface area contributed by atoms with Crippen molar-refractivity contribution in [2.45, 2.75) is 25.3 Å². The van der Waals surface area contributed by atoms with Gasteiger partial charge in [-0.1, -0.05) is 48.5 Å². The summed E-state index contributed by atoms with van der Waals surface area (Å²) in [6.45, 7) is 2.32. The molecule has 7 heteroatoms. The maximum Gasteiger partial charge on any atom is 0.319 e. The first-order valence-corrected chi connectivity index (χ1v) is 11.9.